The lowest BCUT2D eigenvalue weighted by Gasteiger charge is -2.15. The van der Waals surface area contributed by atoms with E-state index < -0.39 is 15.3 Å². The van der Waals surface area contributed by atoms with E-state index in [0.717, 1.165) is 21.3 Å². The summed E-state index contributed by atoms with van der Waals surface area (Å²) in [6.07, 6.45) is 0. The zero-order chi connectivity index (χ0) is 22.2. The van der Waals surface area contributed by atoms with Crippen molar-refractivity contribution in [3.63, 3.8) is 0 Å². The van der Waals surface area contributed by atoms with Gasteiger partial charge in [0.2, 0.25) is 21.1 Å². The second-order valence-electron chi connectivity index (χ2n) is 7.16. The van der Waals surface area contributed by atoms with Crippen LogP contribution in [0, 0.1) is 20.8 Å². The highest BCUT2D eigenvalue weighted by atomic mass is 32.2. The van der Waals surface area contributed by atoms with Crippen LogP contribution in [-0.4, -0.2) is 57.6 Å². The molecule has 9 nitrogen and oxygen atoms in total. The molecule has 0 radical (unpaired) electrons. The Bertz CT molecular complexity index is 1220. The number of hydrogen-bond donors (Lipinski definition) is 1. The maximum absolute atomic E-state index is 12.7. The molecule has 1 atom stereocenters. The number of carbonyl (C=O) groups excluding carboxylic acids is 1. The molecule has 2 heterocycles. The average Bonchev–Trinajstić information content (AvgIpc) is 3.05. The Morgan fingerprint density at radius 1 is 1.17 bits per heavy atom. The molecule has 1 aromatic carbocycles. The molecule has 0 spiro atoms. The number of benzene rings is 1. The van der Waals surface area contributed by atoms with Gasteiger partial charge in [0.15, 0.2) is 0 Å². The number of nitrogens with zero attached hydrogens (tertiary/aromatic N) is 5. The number of hydrogen-bond acceptors (Lipinski definition) is 7. The number of fused-ring (bicyclic) bond motifs is 1. The van der Waals surface area contributed by atoms with Gasteiger partial charge in [-0.05, 0) is 51.5 Å². The molecule has 0 aliphatic carbocycles. The third kappa shape index (κ3) is 4.47. The van der Waals surface area contributed by atoms with Gasteiger partial charge in [-0.2, -0.15) is 4.98 Å². The highest BCUT2D eigenvalue weighted by Crippen LogP contribution is 2.25. The maximum atomic E-state index is 12.7. The summed E-state index contributed by atoms with van der Waals surface area (Å²) in [5.41, 5.74) is 2.96. The quantitative estimate of drug-likeness (QED) is 0.577. The molecule has 0 saturated carbocycles. The number of aromatic nitrogens is 4. The van der Waals surface area contributed by atoms with E-state index in [1.807, 2.05) is 19.9 Å². The van der Waals surface area contributed by atoms with Crippen LogP contribution in [0.2, 0.25) is 0 Å². The summed E-state index contributed by atoms with van der Waals surface area (Å²) in [7, 11) is -0.667. The van der Waals surface area contributed by atoms with Gasteiger partial charge in [0.1, 0.15) is 0 Å². The smallest absolute Gasteiger partial charge is 0.253 e. The highest BCUT2D eigenvalue weighted by Gasteiger charge is 2.21. The van der Waals surface area contributed by atoms with Crippen molar-refractivity contribution < 1.29 is 13.2 Å². The second kappa shape index (κ2) is 8.32. The first kappa shape index (κ1) is 22.2. The van der Waals surface area contributed by atoms with Gasteiger partial charge in [0.05, 0.1) is 10.1 Å². The molecule has 3 rings (SSSR count). The van der Waals surface area contributed by atoms with Crippen molar-refractivity contribution in [2.45, 2.75) is 43.0 Å². The lowest BCUT2D eigenvalue weighted by atomic mass is 10.2. The van der Waals surface area contributed by atoms with Crippen molar-refractivity contribution in [1.82, 2.24) is 23.9 Å². The van der Waals surface area contributed by atoms with Gasteiger partial charge in [-0.25, -0.2) is 22.2 Å². The molecule has 1 N–H and O–H groups in total. The molecule has 0 aliphatic rings. The van der Waals surface area contributed by atoms with E-state index in [1.54, 1.807) is 24.4 Å². The van der Waals surface area contributed by atoms with Gasteiger partial charge in [-0.15, -0.1) is 5.10 Å². The van der Waals surface area contributed by atoms with Crippen molar-refractivity contribution >= 4 is 39.2 Å². The molecule has 0 aliphatic heterocycles. The fourth-order valence-corrected chi connectivity index (χ4v) is 4.42. The Morgan fingerprint density at radius 3 is 2.53 bits per heavy atom. The number of nitrogens with one attached hydrogen (secondary N) is 1. The predicted octanol–water partition coefficient (Wildman–Crippen LogP) is 2.42. The van der Waals surface area contributed by atoms with Crippen LogP contribution in [0.5, 0.6) is 0 Å². The Labute approximate surface area is 180 Å². The summed E-state index contributed by atoms with van der Waals surface area (Å²) in [4.78, 5) is 21.6. The van der Waals surface area contributed by atoms with Crippen LogP contribution < -0.4 is 5.32 Å². The standard InChI is InChI=1S/C19H24N6O3S2/c1-11-7-8-15(30(27,28)24(5)6)10-16(11)21-17(26)14(4)29-19-22-18-20-12(2)9-13(3)25(18)23-19/h7-10,14H,1-6H3,(H,21,26). The Hall–Kier alpha value is -2.50. The number of aryl methyl sites for hydroxylation is 3. The van der Waals surface area contributed by atoms with Crippen LogP contribution in [0.1, 0.15) is 23.9 Å². The molecule has 160 valence electrons. The van der Waals surface area contributed by atoms with Gasteiger partial charge >= 0.3 is 0 Å². The number of carbonyl (C=O) groups is 1. The van der Waals surface area contributed by atoms with E-state index >= 15 is 0 Å². The SMILES string of the molecule is Cc1cc(C)n2nc(SC(C)C(=O)Nc3cc(S(=O)(=O)N(C)C)ccc3C)nc2n1. The maximum Gasteiger partial charge on any atom is 0.253 e. The van der Waals surface area contributed by atoms with Gasteiger partial charge < -0.3 is 5.32 Å². The largest absolute Gasteiger partial charge is 0.325 e. The van der Waals surface area contributed by atoms with E-state index in [2.05, 4.69) is 20.4 Å². The topological polar surface area (TPSA) is 110 Å². The Kier molecular flexibility index (Phi) is 6.16. The number of sulfonamides is 1. The molecule has 1 amide bonds. The molecule has 30 heavy (non-hydrogen) atoms. The number of amides is 1. The predicted molar refractivity (Wildman–Crippen MR) is 116 cm³/mol. The second-order valence-corrected chi connectivity index (χ2v) is 10.6. The molecule has 0 bridgehead atoms. The number of anilines is 1. The minimum absolute atomic E-state index is 0.118. The fraction of sp³-hybridized carbons (Fsp3) is 0.368. The van der Waals surface area contributed by atoms with Crippen molar-refractivity contribution in [3.05, 3.63) is 41.2 Å². The molecule has 0 fully saturated rings. The molecular formula is C19H24N6O3S2. The highest BCUT2D eigenvalue weighted by molar-refractivity contribution is 8.00. The van der Waals surface area contributed by atoms with Crippen LogP contribution in [-0.2, 0) is 14.8 Å². The Morgan fingerprint density at radius 2 is 1.87 bits per heavy atom. The van der Waals surface area contributed by atoms with E-state index in [1.165, 1.54) is 38.0 Å². The summed E-state index contributed by atoms with van der Waals surface area (Å²) < 4.78 is 27.5. The lowest BCUT2D eigenvalue weighted by molar-refractivity contribution is -0.115. The molecule has 1 unspecified atom stereocenters. The van der Waals surface area contributed by atoms with Crippen LogP contribution >= 0.6 is 11.8 Å². The van der Waals surface area contributed by atoms with E-state index in [4.69, 9.17) is 0 Å². The molecule has 3 aromatic rings. The molecule has 0 saturated heterocycles. The van der Waals surface area contributed by atoms with Crippen LogP contribution in [0.3, 0.4) is 0 Å². The van der Waals surface area contributed by atoms with E-state index in [9.17, 15) is 13.2 Å². The van der Waals surface area contributed by atoms with Crippen LogP contribution in [0.15, 0.2) is 34.3 Å². The van der Waals surface area contributed by atoms with Gasteiger partial charge in [0, 0.05) is 31.2 Å². The van der Waals surface area contributed by atoms with Crippen molar-refractivity contribution in [1.29, 1.82) is 0 Å². The minimum atomic E-state index is -3.60. The number of thioether (sulfide) groups is 1. The van der Waals surface area contributed by atoms with Gasteiger partial charge in [-0.1, -0.05) is 17.8 Å². The normalized spacial score (nSPS) is 13.0. The van der Waals surface area contributed by atoms with Crippen molar-refractivity contribution in [2.75, 3.05) is 19.4 Å². The summed E-state index contributed by atoms with van der Waals surface area (Å²) in [6, 6.07) is 6.57. The summed E-state index contributed by atoms with van der Waals surface area (Å²) in [5, 5.41) is 7.16. The summed E-state index contributed by atoms with van der Waals surface area (Å²) >= 11 is 1.21. The van der Waals surface area contributed by atoms with Gasteiger partial charge in [0.25, 0.3) is 5.78 Å². The third-order valence-electron chi connectivity index (χ3n) is 4.50. The molecule has 2 aromatic heterocycles. The summed E-state index contributed by atoms with van der Waals surface area (Å²) in [6.45, 7) is 7.35. The molecular weight excluding hydrogens is 424 g/mol. The number of rotatable bonds is 6. The van der Waals surface area contributed by atoms with Crippen molar-refractivity contribution in [2.24, 2.45) is 0 Å². The first-order valence-corrected chi connectivity index (χ1v) is 11.5. The average molecular weight is 449 g/mol. The van der Waals surface area contributed by atoms with E-state index in [0.29, 0.717) is 16.6 Å². The first-order valence-electron chi connectivity index (χ1n) is 9.21. The van der Waals surface area contributed by atoms with Crippen molar-refractivity contribution in [3.8, 4) is 0 Å². The zero-order valence-corrected chi connectivity index (χ0v) is 19.3. The van der Waals surface area contributed by atoms with Gasteiger partial charge in [-0.3, -0.25) is 4.79 Å². The third-order valence-corrected chi connectivity index (χ3v) is 7.26. The van der Waals surface area contributed by atoms with E-state index in [-0.39, 0.29) is 10.8 Å². The fourth-order valence-electron chi connectivity index (χ4n) is 2.75. The van der Waals surface area contributed by atoms with Crippen LogP contribution in [0.25, 0.3) is 5.78 Å². The lowest BCUT2D eigenvalue weighted by Crippen LogP contribution is -2.24. The monoisotopic (exact) mass is 448 g/mol. The first-order chi connectivity index (χ1) is 14.0. The minimum Gasteiger partial charge on any atom is -0.325 e. The Balaban J connectivity index is 1.78. The zero-order valence-electron chi connectivity index (χ0n) is 17.7. The molecule has 11 heteroatoms. The van der Waals surface area contributed by atoms with Crippen LogP contribution in [0.4, 0.5) is 5.69 Å². The summed E-state index contributed by atoms with van der Waals surface area (Å²) in [5.74, 6) is 0.210.